The van der Waals surface area contributed by atoms with Gasteiger partial charge in [0.05, 0.1) is 0 Å². The van der Waals surface area contributed by atoms with Crippen LogP contribution in [0.4, 0.5) is 4.39 Å². The van der Waals surface area contributed by atoms with Crippen LogP contribution in [-0.4, -0.2) is 56.5 Å². The van der Waals surface area contributed by atoms with E-state index in [0.29, 0.717) is 36.0 Å². The molecular formula is C18H17ClFN5O. The molecule has 0 aliphatic carbocycles. The van der Waals surface area contributed by atoms with Crippen LogP contribution in [0.25, 0.3) is 5.65 Å². The van der Waals surface area contributed by atoms with Crippen LogP contribution in [0.5, 0.6) is 0 Å². The van der Waals surface area contributed by atoms with Crippen molar-refractivity contribution in [2.45, 2.75) is 6.54 Å². The van der Waals surface area contributed by atoms with Gasteiger partial charge in [0.15, 0.2) is 11.3 Å². The van der Waals surface area contributed by atoms with Crippen LogP contribution in [0, 0.1) is 5.82 Å². The number of fused-ring (bicyclic) bond motifs is 1. The Kier molecular flexibility index (Phi) is 4.57. The lowest BCUT2D eigenvalue weighted by atomic mass is 10.2. The number of nitrogens with zero attached hydrogens (tertiary/aromatic N) is 5. The third-order valence-corrected chi connectivity index (χ3v) is 4.88. The maximum Gasteiger partial charge on any atom is 0.274 e. The van der Waals surface area contributed by atoms with Crippen molar-refractivity contribution in [3.8, 4) is 0 Å². The minimum absolute atomic E-state index is 0.0880. The van der Waals surface area contributed by atoms with Gasteiger partial charge < -0.3 is 4.90 Å². The number of aromatic nitrogens is 3. The Hall–Kier alpha value is -2.51. The minimum atomic E-state index is -0.337. The summed E-state index contributed by atoms with van der Waals surface area (Å²) in [5.74, 6) is -0.425. The fourth-order valence-corrected chi connectivity index (χ4v) is 3.32. The highest BCUT2D eigenvalue weighted by molar-refractivity contribution is 6.31. The van der Waals surface area contributed by atoms with Gasteiger partial charge in [-0.1, -0.05) is 17.7 Å². The van der Waals surface area contributed by atoms with Gasteiger partial charge in [0.25, 0.3) is 5.91 Å². The average Bonchev–Trinajstić information content (AvgIpc) is 3.08. The molecule has 3 aromatic rings. The molecule has 134 valence electrons. The number of carbonyl (C=O) groups excluding carboxylic acids is 1. The number of halogens is 2. The van der Waals surface area contributed by atoms with Crippen molar-refractivity contribution in [2.75, 3.05) is 26.2 Å². The molecule has 0 bridgehead atoms. The van der Waals surface area contributed by atoms with Gasteiger partial charge in [0.1, 0.15) is 5.82 Å². The van der Waals surface area contributed by atoms with Gasteiger partial charge in [0.2, 0.25) is 0 Å². The second-order valence-electron chi connectivity index (χ2n) is 6.26. The lowest BCUT2D eigenvalue weighted by molar-refractivity contribution is 0.0622. The lowest BCUT2D eigenvalue weighted by Gasteiger charge is -2.34. The predicted molar refractivity (Wildman–Crippen MR) is 95.6 cm³/mol. The van der Waals surface area contributed by atoms with Gasteiger partial charge in [0, 0.05) is 56.2 Å². The zero-order valence-electron chi connectivity index (χ0n) is 14.0. The van der Waals surface area contributed by atoms with Crippen molar-refractivity contribution in [3.63, 3.8) is 0 Å². The van der Waals surface area contributed by atoms with Crippen molar-refractivity contribution in [1.29, 1.82) is 0 Å². The first-order valence-corrected chi connectivity index (χ1v) is 8.74. The Morgan fingerprint density at radius 1 is 1.19 bits per heavy atom. The molecule has 1 aliphatic heterocycles. The minimum Gasteiger partial charge on any atom is -0.335 e. The Morgan fingerprint density at radius 2 is 2.00 bits per heavy atom. The molecule has 4 rings (SSSR count). The van der Waals surface area contributed by atoms with E-state index < -0.39 is 0 Å². The number of rotatable bonds is 3. The van der Waals surface area contributed by atoms with Gasteiger partial charge in [-0.2, -0.15) is 5.10 Å². The lowest BCUT2D eigenvalue weighted by Crippen LogP contribution is -2.48. The van der Waals surface area contributed by atoms with Crippen LogP contribution < -0.4 is 0 Å². The summed E-state index contributed by atoms with van der Waals surface area (Å²) in [6.45, 7) is 3.31. The molecule has 1 aliphatic rings. The van der Waals surface area contributed by atoms with E-state index in [1.807, 2.05) is 0 Å². The van der Waals surface area contributed by atoms with Crippen molar-refractivity contribution < 1.29 is 9.18 Å². The molecule has 1 amide bonds. The summed E-state index contributed by atoms with van der Waals surface area (Å²) in [6.07, 6.45) is 3.44. The summed E-state index contributed by atoms with van der Waals surface area (Å²) in [6, 6.07) is 7.92. The SMILES string of the molecule is O=C(c1cc2ncccn2n1)N1CCN(Cc2ccc(F)cc2Cl)CC1. The Morgan fingerprint density at radius 3 is 2.73 bits per heavy atom. The molecule has 6 nitrogen and oxygen atoms in total. The van der Waals surface area contributed by atoms with Gasteiger partial charge in [-0.25, -0.2) is 13.9 Å². The molecule has 0 spiro atoms. The van der Waals surface area contributed by atoms with E-state index in [0.717, 1.165) is 18.7 Å². The van der Waals surface area contributed by atoms with E-state index in [-0.39, 0.29) is 11.7 Å². The van der Waals surface area contributed by atoms with Crippen molar-refractivity contribution in [2.24, 2.45) is 0 Å². The molecule has 26 heavy (non-hydrogen) atoms. The van der Waals surface area contributed by atoms with Gasteiger partial charge >= 0.3 is 0 Å². The third kappa shape index (κ3) is 3.40. The molecule has 1 saturated heterocycles. The molecule has 0 radical (unpaired) electrons. The fraction of sp³-hybridized carbons (Fsp3) is 0.278. The summed E-state index contributed by atoms with van der Waals surface area (Å²) >= 11 is 6.10. The molecule has 0 N–H and O–H groups in total. The number of piperazine rings is 1. The first kappa shape index (κ1) is 16.9. The number of hydrogen-bond acceptors (Lipinski definition) is 4. The monoisotopic (exact) mass is 373 g/mol. The van der Waals surface area contributed by atoms with Crippen LogP contribution in [-0.2, 0) is 6.54 Å². The fourth-order valence-electron chi connectivity index (χ4n) is 3.10. The van der Waals surface area contributed by atoms with Crippen LogP contribution in [0.15, 0.2) is 42.7 Å². The van der Waals surface area contributed by atoms with E-state index in [9.17, 15) is 9.18 Å². The van der Waals surface area contributed by atoms with Crippen LogP contribution >= 0.6 is 11.6 Å². The molecule has 0 saturated carbocycles. The van der Waals surface area contributed by atoms with Crippen molar-refractivity contribution >= 4 is 23.2 Å². The zero-order valence-corrected chi connectivity index (χ0v) is 14.7. The highest BCUT2D eigenvalue weighted by Crippen LogP contribution is 2.20. The van der Waals surface area contributed by atoms with Crippen LogP contribution in [0.3, 0.4) is 0 Å². The maximum absolute atomic E-state index is 13.2. The highest BCUT2D eigenvalue weighted by atomic mass is 35.5. The Bertz CT molecular complexity index is 919. The van der Waals surface area contributed by atoms with E-state index in [1.165, 1.54) is 12.1 Å². The number of hydrogen-bond donors (Lipinski definition) is 0. The first-order valence-electron chi connectivity index (χ1n) is 8.36. The number of amides is 1. The Labute approximate surface area is 154 Å². The summed E-state index contributed by atoms with van der Waals surface area (Å²) in [7, 11) is 0. The topological polar surface area (TPSA) is 53.7 Å². The zero-order chi connectivity index (χ0) is 18.1. The average molecular weight is 374 g/mol. The quantitative estimate of drug-likeness (QED) is 0.707. The summed E-state index contributed by atoms with van der Waals surface area (Å²) < 4.78 is 14.7. The van der Waals surface area contributed by atoms with Crippen LogP contribution in [0.1, 0.15) is 16.1 Å². The molecule has 1 aromatic carbocycles. The normalized spacial score (nSPS) is 15.5. The summed E-state index contributed by atoms with van der Waals surface area (Å²) in [4.78, 5) is 20.9. The molecule has 0 atom stereocenters. The maximum atomic E-state index is 13.2. The van der Waals surface area contributed by atoms with E-state index in [2.05, 4.69) is 15.0 Å². The highest BCUT2D eigenvalue weighted by Gasteiger charge is 2.24. The van der Waals surface area contributed by atoms with E-state index >= 15 is 0 Å². The van der Waals surface area contributed by atoms with Crippen molar-refractivity contribution in [3.05, 3.63) is 64.8 Å². The second kappa shape index (κ2) is 7.01. The van der Waals surface area contributed by atoms with Gasteiger partial charge in [-0.3, -0.25) is 9.69 Å². The van der Waals surface area contributed by atoms with Crippen LogP contribution in [0.2, 0.25) is 5.02 Å². The van der Waals surface area contributed by atoms with E-state index in [4.69, 9.17) is 11.6 Å². The third-order valence-electron chi connectivity index (χ3n) is 4.52. The Balaban J connectivity index is 1.39. The molecule has 1 fully saturated rings. The second-order valence-corrected chi connectivity index (χ2v) is 6.66. The molecule has 0 unspecified atom stereocenters. The smallest absolute Gasteiger partial charge is 0.274 e. The molecule has 8 heteroatoms. The van der Waals surface area contributed by atoms with E-state index in [1.54, 1.807) is 40.0 Å². The van der Waals surface area contributed by atoms with Gasteiger partial charge in [-0.05, 0) is 23.8 Å². The van der Waals surface area contributed by atoms with Gasteiger partial charge in [-0.15, -0.1) is 0 Å². The predicted octanol–water partition coefficient (Wildman–Crippen LogP) is 2.48. The molecule has 2 aromatic heterocycles. The standard InChI is InChI=1S/C18H17ClFN5O/c19-15-10-14(20)3-2-13(15)12-23-6-8-24(9-7-23)18(26)16-11-17-21-4-1-5-25(17)22-16/h1-5,10-11H,6-9,12H2. The van der Waals surface area contributed by atoms with Crippen molar-refractivity contribution in [1.82, 2.24) is 24.4 Å². The molecular weight excluding hydrogens is 357 g/mol. The number of benzene rings is 1. The summed E-state index contributed by atoms with van der Waals surface area (Å²) in [5.41, 5.74) is 1.94. The largest absolute Gasteiger partial charge is 0.335 e. The summed E-state index contributed by atoms with van der Waals surface area (Å²) in [5, 5.41) is 4.72. The molecule has 3 heterocycles. The number of carbonyl (C=O) groups is 1. The first-order chi connectivity index (χ1) is 12.6.